The molecule has 6 heteroatoms. The van der Waals surface area contributed by atoms with Gasteiger partial charge in [0.25, 0.3) is 0 Å². The summed E-state index contributed by atoms with van der Waals surface area (Å²) in [4.78, 5) is 12.0. The Balaban J connectivity index is 2.74. The van der Waals surface area contributed by atoms with Crippen LogP contribution in [0.3, 0.4) is 0 Å². The Morgan fingerprint density at radius 2 is 1.62 bits per heavy atom. The SMILES string of the molecule is CC[C@@H](O)[C@@H](O)[C@H](O)[C@@H](O)C(=O)Cc1ccccc1CO. The van der Waals surface area contributed by atoms with E-state index in [1.165, 1.54) is 0 Å². The van der Waals surface area contributed by atoms with E-state index in [0.29, 0.717) is 11.1 Å². The molecule has 0 aliphatic rings. The quantitative estimate of drug-likeness (QED) is 0.426. The van der Waals surface area contributed by atoms with Gasteiger partial charge in [-0.25, -0.2) is 0 Å². The number of benzene rings is 1. The molecule has 0 saturated heterocycles. The molecule has 0 unspecified atom stereocenters. The van der Waals surface area contributed by atoms with Gasteiger partial charge in [0.15, 0.2) is 5.78 Å². The standard InChI is InChI=1S/C15H22O6/c1-2-11(17)13(19)15(21)14(20)12(18)7-9-5-3-4-6-10(9)8-16/h3-6,11,13-17,19-21H,2,7-8H2,1H3/t11-,13-,14+,15+/m1/s1. The molecule has 0 aliphatic heterocycles. The van der Waals surface area contributed by atoms with Crippen LogP contribution in [0.2, 0.25) is 0 Å². The van der Waals surface area contributed by atoms with E-state index in [1.54, 1.807) is 31.2 Å². The molecule has 1 rings (SSSR count). The van der Waals surface area contributed by atoms with Crippen molar-refractivity contribution in [3.8, 4) is 0 Å². The first-order chi connectivity index (χ1) is 9.92. The first-order valence-corrected chi connectivity index (χ1v) is 6.85. The normalized spacial score (nSPS) is 17.0. The van der Waals surface area contributed by atoms with Gasteiger partial charge < -0.3 is 25.5 Å². The van der Waals surface area contributed by atoms with Crippen LogP contribution in [0.4, 0.5) is 0 Å². The van der Waals surface area contributed by atoms with Crippen molar-refractivity contribution in [1.29, 1.82) is 0 Å². The maximum atomic E-state index is 12.0. The Bertz CT molecular complexity index is 461. The second-order valence-corrected chi connectivity index (χ2v) is 4.97. The van der Waals surface area contributed by atoms with Crippen molar-refractivity contribution in [2.24, 2.45) is 0 Å². The maximum Gasteiger partial charge on any atom is 0.168 e. The predicted molar refractivity (Wildman–Crippen MR) is 75.4 cm³/mol. The van der Waals surface area contributed by atoms with Crippen LogP contribution in [0.15, 0.2) is 24.3 Å². The van der Waals surface area contributed by atoms with Crippen LogP contribution in [0.25, 0.3) is 0 Å². The molecule has 0 heterocycles. The largest absolute Gasteiger partial charge is 0.392 e. The zero-order valence-corrected chi connectivity index (χ0v) is 11.9. The van der Waals surface area contributed by atoms with E-state index < -0.39 is 30.2 Å². The minimum Gasteiger partial charge on any atom is -0.392 e. The molecule has 0 saturated carbocycles. The van der Waals surface area contributed by atoms with E-state index in [-0.39, 0.29) is 19.4 Å². The van der Waals surface area contributed by atoms with Gasteiger partial charge in [-0.05, 0) is 17.5 Å². The van der Waals surface area contributed by atoms with E-state index in [0.717, 1.165) is 0 Å². The lowest BCUT2D eigenvalue weighted by Crippen LogP contribution is -2.47. The molecular weight excluding hydrogens is 276 g/mol. The summed E-state index contributed by atoms with van der Waals surface area (Å²) in [6.07, 6.45) is -6.35. The van der Waals surface area contributed by atoms with Crippen LogP contribution in [0, 0.1) is 0 Å². The van der Waals surface area contributed by atoms with E-state index >= 15 is 0 Å². The first-order valence-electron chi connectivity index (χ1n) is 6.85. The lowest BCUT2D eigenvalue weighted by atomic mass is 9.94. The van der Waals surface area contributed by atoms with Crippen LogP contribution in [0.5, 0.6) is 0 Å². The fourth-order valence-electron chi connectivity index (χ4n) is 2.02. The van der Waals surface area contributed by atoms with Crippen LogP contribution in [-0.4, -0.2) is 55.7 Å². The molecule has 0 aliphatic carbocycles. The number of hydrogen-bond acceptors (Lipinski definition) is 6. The first kappa shape index (κ1) is 17.7. The Morgan fingerprint density at radius 3 is 2.14 bits per heavy atom. The van der Waals surface area contributed by atoms with E-state index in [1.807, 2.05) is 0 Å². The molecule has 0 aromatic heterocycles. The summed E-state index contributed by atoms with van der Waals surface area (Å²) >= 11 is 0. The number of carbonyl (C=O) groups excluding carboxylic acids is 1. The van der Waals surface area contributed by atoms with Crippen LogP contribution >= 0.6 is 0 Å². The average molecular weight is 298 g/mol. The summed E-state index contributed by atoms with van der Waals surface area (Å²) < 4.78 is 0. The van der Waals surface area contributed by atoms with Gasteiger partial charge in [0.2, 0.25) is 0 Å². The zero-order valence-electron chi connectivity index (χ0n) is 11.9. The van der Waals surface area contributed by atoms with Crippen molar-refractivity contribution in [2.45, 2.75) is 50.8 Å². The van der Waals surface area contributed by atoms with Crippen molar-refractivity contribution < 1.29 is 30.3 Å². The summed E-state index contributed by atoms with van der Waals surface area (Å²) in [5.74, 6) is -0.689. The molecule has 21 heavy (non-hydrogen) atoms. The molecule has 5 N–H and O–H groups in total. The zero-order chi connectivity index (χ0) is 16.0. The molecule has 0 spiro atoms. The molecule has 6 nitrogen and oxygen atoms in total. The molecule has 0 radical (unpaired) electrons. The topological polar surface area (TPSA) is 118 Å². The number of aliphatic hydroxyl groups is 5. The van der Waals surface area contributed by atoms with Crippen LogP contribution in [-0.2, 0) is 17.8 Å². The number of Topliss-reactive ketones (excluding diaryl/α,β-unsaturated/α-hetero) is 1. The van der Waals surface area contributed by atoms with Gasteiger partial charge in [-0.15, -0.1) is 0 Å². The Labute approximate surface area is 123 Å². The van der Waals surface area contributed by atoms with Gasteiger partial charge in [-0.3, -0.25) is 4.79 Å². The molecule has 0 bridgehead atoms. The van der Waals surface area contributed by atoms with Crippen molar-refractivity contribution in [2.75, 3.05) is 0 Å². The molecule has 118 valence electrons. The Kier molecular flexibility index (Phi) is 6.94. The van der Waals surface area contributed by atoms with Gasteiger partial charge in [0.05, 0.1) is 12.7 Å². The fourth-order valence-corrected chi connectivity index (χ4v) is 2.02. The lowest BCUT2D eigenvalue weighted by molar-refractivity contribution is -0.144. The van der Waals surface area contributed by atoms with E-state index in [4.69, 9.17) is 0 Å². The fraction of sp³-hybridized carbons (Fsp3) is 0.533. The smallest absolute Gasteiger partial charge is 0.168 e. The molecule has 1 aromatic rings. The van der Waals surface area contributed by atoms with Crippen LogP contribution < -0.4 is 0 Å². The Morgan fingerprint density at radius 1 is 1.05 bits per heavy atom. The monoisotopic (exact) mass is 298 g/mol. The van der Waals surface area contributed by atoms with E-state index in [9.17, 15) is 30.3 Å². The third kappa shape index (κ3) is 4.59. The van der Waals surface area contributed by atoms with Gasteiger partial charge in [0.1, 0.15) is 18.3 Å². The predicted octanol–water partition coefficient (Wildman–Crippen LogP) is -0.856. The number of aliphatic hydroxyl groups excluding tert-OH is 5. The van der Waals surface area contributed by atoms with Crippen LogP contribution in [0.1, 0.15) is 24.5 Å². The van der Waals surface area contributed by atoms with E-state index in [2.05, 4.69) is 0 Å². The second kappa shape index (κ2) is 8.21. The summed E-state index contributed by atoms with van der Waals surface area (Å²) in [5, 5.41) is 47.8. The number of hydrogen-bond donors (Lipinski definition) is 5. The highest BCUT2D eigenvalue weighted by atomic mass is 16.4. The lowest BCUT2D eigenvalue weighted by Gasteiger charge is -2.25. The summed E-state index contributed by atoms with van der Waals surface area (Å²) in [7, 11) is 0. The summed E-state index contributed by atoms with van der Waals surface area (Å²) in [6.45, 7) is 1.37. The molecule has 0 amide bonds. The third-order valence-electron chi connectivity index (χ3n) is 3.47. The minimum absolute atomic E-state index is 0.177. The summed E-state index contributed by atoms with van der Waals surface area (Å²) in [5.41, 5.74) is 1.10. The highest BCUT2D eigenvalue weighted by Crippen LogP contribution is 2.14. The average Bonchev–Trinajstić information content (AvgIpc) is 2.52. The van der Waals surface area contributed by atoms with Crippen molar-refractivity contribution in [3.05, 3.63) is 35.4 Å². The van der Waals surface area contributed by atoms with Gasteiger partial charge in [-0.1, -0.05) is 31.2 Å². The van der Waals surface area contributed by atoms with Gasteiger partial charge in [-0.2, -0.15) is 0 Å². The number of carbonyl (C=O) groups is 1. The van der Waals surface area contributed by atoms with Gasteiger partial charge >= 0.3 is 0 Å². The molecule has 0 fully saturated rings. The second-order valence-electron chi connectivity index (χ2n) is 4.97. The molecular formula is C15H22O6. The minimum atomic E-state index is -1.80. The molecule has 4 atom stereocenters. The highest BCUT2D eigenvalue weighted by molar-refractivity contribution is 5.85. The highest BCUT2D eigenvalue weighted by Gasteiger charge is 2.33. The number of ketones is 1. The van der Waals surface area contributed by atoms with Crippen molar-refractivity contribution in [3.63, 3.8) is 0 Å². The molecule has 1 aromatic carbocycles. The van der Waals surface area contributed by atoms with Gasteiger partial charge in [0, 0.05) is 6.42 Å². The maximum absolute atomic E-state index is 12.0. The van der Waals surface area contributed by atoms with Crippen molar-refractivity contribution in [1.82, 2.24) is 0 Å². The van der Waals surface area contributed by atoms with Crippen molar-refractivity contribution >= 4 is 5.78 Å². The summed E-state index contributed by atoms with van der Waals surface area (Å²) in [6, 6.07) is 6.70. The Hall–Kier alpha value is -1.31. The third-order valence-corrected chi connectivity index (χ3v) is 3.47. The number of rotatable bonds is 8.